The van der Waals surface area contributed by atoms with Crippen LogP contribution in [0.4, 0.5) is 0 Å². The zero-order valence-electron chi connectivity index (χ0n) is 12.6. The zero-order chi connectivity index (χ0) is 16.6. The van der Waals surface area contributed by atoms with Gasteiger partial charge in [0.15, 0.2) is 11.5 Å². The third-order valence-corrected chi connectivity index (χ3v) is 3.80. The van der Waals surface area contributed by atoms with Gasteiger partial charge in [0.1, 0.15) is 23.4 Å². The number of hydrogen-bond acceptors (Lipinski definition) is 6. The highest BCUT2D eigenvalue weighted by molar-refractivity contribution is 5.52. The molecule has 1 aliphatic heterocycles. The van der Waals surface area contributed by atoms with E-state index in [0.717, 1.165) is 0 Å². The summed E-state index contributed by atoms with van der Waals surface area (Å²) in [6, 6.07) is 7.39. The van der Waals surface area contributed by atoms with Crippen LogP contribution >= 0.6 is 0 Å². The minimum Gasteiger partial charge on any atom is -0.508 e. The number of ether oxygens (including phenoxy) is 2. The molecule has 0 saturated carbocycles. The maximum atomic E-state index is 10.3. The molecule has 6 nitrogen and oxygen atoms in total. The van der Waals surface area contributed by atoms with E-state index in [1.54, 1.807) is 12.1 Å². The minimum absolute atomic E-state index is 0.0373. The lowest BCUT2D eigenvalue weighted by molar-refractivity contribution is 0.0197. The van der Waals surface area contributed by atoms with Gasteiger partial charge in [-0.05, 0) is 24.6 Å². The third kappa shape index (κ3) is 2.85. The minimum atomic E-state index is -0.893. The highest BCUT2D eigenvalue weighted by atomic mass is 16.5. The summed E-state index contributed by atoms with van der Waals surface area (Å²) in [6.45, 7) is 2.25. The molecular weight excluding hydrogens is 300 g/mol. The van der Waals surface area contributed by atoms with E-state index in [1.807, 2.05) is 6.92 Å². The Balaban J connectivity index is 1.93. The Kier molecular flexibility index (Phi) is 3.92. The van der Waals surface area contributed by atoms with Crippen LogP contribution in [0.2, 0.25) is 0 Å². The molecule has 0 fully saturated rings. The van der Waals surface area contributed by atoms with E-state index >= 15 is 0 Å². The van der Waals surface area contributed by atoms with Crippen LogP contribution in [0.5, 0.6) is 28.7 Å². The average molecular weight is 318 g/mol. The Labute approximate surface area is 133 Å². The van der Waals surface area contributed by atoms with Crippen LogP contribution in [0.15, 0.2) is 30.3 Å². The Morgan fingerprint density at radius 1 is 1.13 bits per heavy atom. The average Bonchev–Trinajstić information content (AvgIpc) is 2.50. The molecule has 1 aliphatic rings. The number of aliphatic hydroxyl groups excluding tert-OH is 1. The second-order valence-electron chi connectivity index (χ2n) is 5.41. The maximum Gasteiger partial charge on any atom is 0.160 e. The Morgan fingerprint density at radius 3 is 2.61 bits per heavy atom. The van der Waals surface area contributed by atoms with Crippen LogP contribution in [-0.4, -0.2) is 33.1 Å². The fourth-order valence-electron chi connectivity index (χ4n) is 2.74. The number of phenolic OH excluding ortho intramolecular Hbond substituents is 3. The molecule has 6 heteroatoms. The first-order valence-electron chi connectivity index (χ1n) is 7.35. The standard InChI is InChI=1S/C17H18O6/c1-2-22-15-4-3-9(5-13(15)20)17-14(21)8-11-12(19)6-10(18)7-16(11)23-17/h3-7,14,17-21H,2,8H2,1H3. The SMILES string of the molecule is CCOc1ccc(C2Oc3cc(O)cc(O)c3CC2O)cc1O. The Morgan fingerprint density at radius 2 is 1.91 bits per heavy atom. The van der Waals surface area contributed by atoms with E-state index in [4.69, 9.17) is 9.47 Å². The van der Waals surface area contributed by atoms with E-state index in [-0.39, 0.29) is 23.7 Å². The Bertz CT molecular complexity index is 727. The van der Waals surface area contributed by atoms with E-state index in [9.17, 15) is 20.4 Å². The number of hydrogen-bond donors (Lipinski definition) is 4. The van der Waals surface area contributed by atoms with Crippen molar-refractivity contribution in [2.45, 2.75) is 25.6 Å². The van der Waals surface area contributed by atoms with Crippen molar-refractivity contribution < 1.29 is 29.9 Å². The summed E-state index contributed by atoms with van der Waals surface area (Å²) < 4.78 is 11.0. The summed E-state index contributed by atoms with van der Waals surface area (Å²) >= 11 is 0. The van der Waals surface area contributed by atoms with Crippen molar-refractivity contribution >= 4 is 0 Å². The van der Waals surface area contributed by atoms with Crippen LogP contribution in [0.1, 0.15) is 24.2 Å². The largest absolute Gasteiger partial charge is 0.508 e. The van der Waals surface area contributed by atoms with Crippen molar-refractivity contribution in [1.82, 2.24) is 0 Å². The highest BCUT2D eigenvalue weighted by Gasteiger charge is 2.32. The smallest absolute Gasteiger partial charge is 0.160 e. The van der Waals surface area contributed by atoms with Crippen molar-refractivity contribution in [3.63, 3.8) is 0 Å². The first-order chi connectivity index (χ1) is 11.0. The molecule has 122 valence electrons. The van der Waals surface area contributed by atoms with Crippen LogP contribution < -0.4 is 9.47 Å². The molecule has 0 aliphatic carbocycles. The van der Waals surface area contributed by atoms with Crippen molar-refractivity contribution in [2.24, 2.45) is 0 Å². The quantitative estimate of drug-likeness (QED) is 0.693. The second kappa shape index (κ2) is 5.89. The molecule has 0 amide bonds. The van der Waals surface area contributed by atoms with Crippen LogP contribution in [0.3, 0.4) is 0 Å². The molecular formula is C17H18O6. The highest BCUT2D eigenvalue weighted by Crippen LogP contribution is 2.42. The molecule has 2 atom stereocenters. The first kappa shape index (κ1) is 15.3. The summed E-state index contributed by atoms with van der Waals surface area (Å²) in [6.07, 6.45) is -1.43. The van der Waals surface area contributed by atoms with E-state index in [0.29, 0.717) is 29.2 Å². The topological polar surface area (TPSA) is 99.4 Å². The van der Waals surface area contributed by atoms with Crippen molar-refractivity contribution in [3.8, 4) is 28.7 Å². The predicted molar refractivity (Wildman–Crippen MR) is 82.1 cm³/mol. The molecule has 1 heterocycles. The molecule has 2 aromatic carbocycles. The summed E-state index contributed by atoms with van der Waals surface area (Å²) in [4.78, 5) is 0. The zero-order valence-corrected chi connectivity index (χ0v) is 12.6. The van der Waals surface area contributed by atoms with Gasteiger partial charge in [-0.15, -0.1) is 0 Å². The fourth-order valence-corrected chi connectivity index (χ4v) is 2.74. The van der Waals surface area contributed by atoms with E-state index in [1.165, 1.54) is 18.2 Å². The molecule has 0 radical (unpaired) electrons. The molecule has 2 aromatic rings. The van der Waals surface area contributed by atoms with Gasteiger partial charge in [0.25, 0.3) is 0 Å². The van der Waals surface area contributed by atoms with Gasteiger partial charge in [-0.3, -0.25) is 0 Å². The fraction of sp³-hybridized carbons (Fsp3) is 0.294. The second-order valence-corrected chi connectivity index (χ2v) is 5.41. The number of phenols is 3. The van der Waals surface area contributed by atoms with Gasteiger partial charge >= 0.3 is 0 Å². The van der Waals surface area contributed by atoms with Gasteiger partial charge < -0.3 is 29.9 Å². The maximum absolute atomic E-state index is 10.3. The molecule has 0 aromatic heterocycles. The summed E-state index contributed by atoms with van der Waals surface area (Å²) in [5.41, 5.74) is 1.02. The van der Waals surface area contributed by atoms with Gasteiger partial charge in [-0.2, -0.15) is 0 Å². The third-order valence-electron chi connectivity index (χ3n) is 3.80. The predicted octanol–water partition coefficient (Wildman–Crippen LogP) is 2.24. The van der Waals surface area contributed by atoms with Gasteiger partial charge in [0.2, 0.25) is 0 Å². The summed E-state index contributed by atoms with van der Waals surface area (Å²) in [5, 5.41) is 39.7. The molecule has 0 saturated heterocycles. The van der Waals surface area contributed by atoms with Gasteiger partial charge in [0, 0.05) is 24.1 Å². The monoisotopic (exact) mass is 318 g/mol. The molecule has 4 N–H and O–H groups in total. The molecule has 0 spiro atoms. The molecule has 0 bridgehead atoms. The van der Waals surface area contributed by atoms with Crippen LogP contribution in [0, 0.1) is 0 Å². The van der Waals surface area contributed by atoms with Crippen molar-refractivity contribution in [2.75, 3.05) is 6.61 Å². The van der Waals surface area contributed by atoms with Crippen molar-refractivity contribution in [3.05, 3.63) is 41.5 Å². The number of aliphatic hydroxyl groups is 1. The molecule has 3 rings (SSSR count). The number of rotatable bonds is 3. The van der Waals surface area contributed by atoms with E-state index < -0.39 is 12.2 Å². The van der Waals surface area contributed by atoms with Gasteiger partial charge in [-0.1, -0.05) is 6.07 Å². The lowest BCUT2D eigenvalue weighted by Crippen LogP contribution is -2.30. The number of fused-ring (bicyclic) bond motifs is 1. The molecule has 23 heavy (non-hydrogen) atoms. The van der Waals surface area contributed by atoms with Crippen LogP contribution in [0.25, 0.3) is 0 Å². The Hall–Kier alpha value is -2.60. The normalized spacial score (nSPS) is 19.7. The van der Waals surface area contributed by atoms with Crippen LogP contribution in [-0.2, 0) is 6.42 Å². The van der Waals surface area contributed by atoms with Gasteiger partial charge in [0.05, 0.1) is 12.7 Å². The number of aromatic hydroxyl groups is 3. The lowest BCUT2D eigenvalue weighted by Gasteiger charge is -2.31. The lowest BCUT2D eigenvalue weighted by atomic mass is 9.94. The van der Waals surface area contributed by atoms with E-state index in [2.05, 4.69) is 0 Å². The summed E-state index contributed by atoms with van der Waals surface area (Å²) in [7, 11) is 0. The first-order valence-corrected chi connectivity index (χ1v) is 7.35. The van der Waals surface area contributed by atoms with Gasteiger partial charge in [-0.25, -0.2) is 0 Å². The summed E-state index contributed by atoms with van der Waals surface area (Å²) in [5.74, 6) is 0.395. The number of benzene rings is 2. The molecule has 2 unspecified atom stereocenters. The van der Waals surface area contributed by atoms with Crippen molar-refractivity contribution in [1.29, 1.82) is 0 Å².